The molecule has 0 aliphatic carbocycles. The van der Waals surface area contributed by atoms with Gasteiger partial charge in [-0.25, -0.2) is 0 Å². The lowest BCUT2D eigenvalue weighted by atomic mass is 10.1. The number of nitrogens with zero attached hydrogens (tertiary/aromatic N) is 1. The van der Waals surface area contributed by atoms with Crippen LogP contribution in [-0.4, -0.2) is 14.8 Å². The van der Waals surface area contributed by atoms with E-state index in [4.69, 9.17) is 0 Å². The predicted molar refractivity (Wildman–Crippen MR) is 61.9 cm³/mol. The van der Waals surface area contributed by atoms with E-state index in [0.717, 1.165) is 0 Å². The van der Waals surface area contributed by atoms with E-state index < -0.39 is 0 Å². The van der Waals surface area contributed by atoms with Gasteiger partial charge in [-0.3, -0.25) is 4.79 Å². The Morgan fingerprint density at radius 3 is 2.50 bits per heavy atom. The highest BCUT2D eigenvalue weighted by Gasteiger charge is 2.09. The summed E-state index contributed by atoms with van der Waals surface area (Å²) in [5.41, 5.74) is 1.14. The Morgan fingerprint density at radius 2 is 1.88 bits per heavy atom. The van der Waals surface area contributed by atoms with Gasteiger partial charge >= 0.3 is 0 Å². The summed E-state index contributed by atoms with van der Waals surface area (Å²) in [6.07, 6.45) is 1.75. The number of aromatic nitrogens is 1. The Bertz CT molecular complexity index is 614. The van der Waals surface area contributed by atoms with E-state index >= 15 is 0 Å². The minimum absolute atomic E-state index is 0.116. The summed E-state index contributed by atoms with van der Waals surface area (Å²) in [6, 6.07) is 2.72. The first-order valence-corrected chi connectivity index (χ1v) is 5.10. The molecule has 4 nitrogen and oxygen atoms in total. The number of phenols is 2. The van der Waals surface area contributed by atoms with Crippen molar-refractivity contribution in [3.8, 4) is 11.5 Å². The molecule has 4 heteroatoms. The van der Waals surface area contributed by atoms with Crippen LogP contribution in [0.1, 0.15) is 12.5 Å². The van der Waals surface area contributed by atoms with Gasteiger partial charge in [-0.15, -0.1) is 0 Å². The highest BCUT2D eigenvalue weighted by molar-refractivity contribution is 5.83. The van der Waals surface area contributed by atoms with E-state index in [0.29, 0.717) is 23.0 Å². The first-order valence-electron chi connectivity index (χ1n) is 5.10. The van der Waals surface area contributed by atoms with Crippen molar-refractivity contribution in [3.05, 3.63) is 34.1 Å². The lowest BCUT2D eigenvalue weighted by molar-refractivity contribution is 0.404. The van der Waals surface area contributed by atoms with Crippen LogP contribution in [0.4, 0.5) is 0 Å². The molecular formula is C12H13NO3. The molecule has 0 saturated carbocycles. The van der Waals surface area contributed by atoms with Gasteiger partial charge in [-0.1, -0.05) is 0 Å². The number of fused-ring (bicyclic) bond motifs is 1. The van der Waals surface area contributed by atoms with Crippen molar-refractivity contribution in [2.45, 2.75) is 20.4 Å². The third kappa shape index (κ3) is 1.43. The maximum absolute atomic E-state index is 11.9. The Hall–Kier alpha value is -1.97. The second-order valence-corrected chi connectivity index (χ2v) is 3.79. The van der Waals surface area contributed by atoms with Gasteiger partial charge < -0.3 is 14.8 Å². The topological polar surface area (TPSA) is 62.5 Å². The average molecular weight is 219 g/mol. The summed E-state index contributed by atoms with van der Waals surface area (Å²) in [6.45, 7) is 4.38. The number of benzene rings is 1. The lowest BCUT2D eigenvalue weighted by Crippen LogP contribution is -2.11. The van der Waals surface area contributed by atoms with Gasteiger partial charge in [0.05, 0.1) is 5.52 Å². The number of rotatable bonds is 1. The van der Waals surface area contributed by atoms with Crippen LogP contribution in [0.2, 0.25) is 0 Å². The maximum Gasteiger partial charge on any atom is 0.192 e. The summed E-state index contributed by atoms with van der Waals surface area (Å²) < 4.78 is 1.87. The van der Waals surface area contributed by atoms with Gasteiger partial charge in [-0.2, -0.15) is 0 Å². The van der Waals surface area contributed by atoms with Crippen molar-refractivity contribution >= 4 is 10.9 Å². The highest BCUT2D eigenvalue weighted by atomic mass is 16.3. The van der Waals surface area contributed by atoms with Crippen LogP contribution >= 0.6 is 0 Å². The third-order valence-electron chi connectivity index (χ3n) is 2.70. The van der Waals surface area contributed by atoms with Gasteiger partial charge in [0.25, 0.3) is 0 Å². The Morgan fingerprint density at radius 1 is 1.25 bits per heavy atom. The number of aromatic hydroxyl groups is 2. The zero-order valence-corrected chi connectivity index (χ0v) is 9.19. The Balaban J connectivity index is 2.99. The van der Waals surface area contributed by atoms with Crippen LogP contribution in [0.25, 0.3) is 10.9 Å². The summed E-state index contributed by atoms with van der Waals surface area (Å²) in [4.78, 5) is 11.9. The summed E-state index contributed by atoms with van der Waals surface area (Å²) >= 11 is 0. The molecule has 1 aromatic heterocycles. The normalized spacial score (nSPS) is 10.9. The Kier molecular flexibility index (Phi) is 2.34. The fourth-order valence-corrected chi connectivity index (χ4v) is 1.82. The molecule has 84 valence electrons. The second-order valence-electron chi connectivity index (χ2n) is 3.79. The minimum Gasteiger partial charge on any atom is -0.504 e. The van der Waals surface area contributed by atoms with Gasteiger partial charge in [-0.05, 0) is 19.9 Å². The summed E-state index contributed by atoms with van der Waals surface area (Å²) in [5, 5.41) is 19.3. The molecule has 0 saturated heterocycles. The van der Waals surface area contributed by atoms with Gasteiger partial charge in [0.15, 0.2) is 16.9 Å². The fourth-order valence-electron chi connectivity index (χ4n) is 1.82. The van der Waals surface area contributed by atoms with Crippen molar-refractivity contribution in [3.63, 3.8) is 0 Å². The third-order valence-corrected chi connectivity index (χ3v) is 2.70. The van der Waals surface area contributed by atoms with Crippen LogP contribution in [0.15, 0.2) is 23.1 Å². The van der Waals surface area contributed by atoms with Crippen LogP contribution in [-0.2, 0) is 6.54 Å². The van der Waals surface area contributed by atoms with Crippen molar-refractivity contribution in [2.24, 2.45) is 0 Å². The predicted octanol–water partition coefficient (Wildman–Crippen LogP) is 1.74. The van der Waals surface area contributed by atoms with Crippen LogP contribution in [0.3, 0.4) is 0 Å². The fraction of sp³-hybridized carbons (Fsp3) is 0.250. The van der Waals surface area contributed by atoms with E-state index in [9.17, 15) is 15.0 Å². The number of aryl methyl sites for hydroxylation is 2. The largest absolute Gasteiger partial charge is 0.504 e. The first kappa shape index (κ1) is 10.5. The van der Waals surface area contributed by atoms with Gasteiger partial charge in [0.2, 0.25) is 0 Å². The lowest BCUT2D eigenvalue weighted by Gasteiger charge is -2.10. The van der Waals surface area contributed by atoms with Crippen molar-refractivity contribution in [1.82, 2.24) is 4.57 Å². The number of pyridine rings is 1. The molecule has 0 aliphatic heterocycles. The van der Waals surface area contributed by atoms with Crippen molar-refractivity contribution in [1.29, 1.82) is 0 Å². The molecule has 0 bridgehead atoms. The molecular weight excluding hydrogens is 206 g/mol. The van der Waals surface area contributed by atoms with E-state index in [2.05, 4.69) is 0 Å². The van der Waals surface area contributed by atoms with Crippen molar-refractivity contribution < 1.29 is 10.2 Å². The number of phenolic OH excluding ortho intramolecular Hbond substituents is 2. The molecule has 2 rings (SSSR count). The molecule has 16 heavy (non-hydrogen) atoms. The van der Waals surface area contributed by atoms with E-state index in [-0.39, 0.29) is 16.9 Å². The molecule has 1 aromatic carbocycles. The van der Waals surface area contributed by atoms with Crippen molar-refractivity contribution in [2.75, 3.05) is 0 Å². The molecule has 0 fully saturated rings. The quantitative estimate of drug-likeness (QED) is 0.718. The molecule has 0 amide bonds. The van der Waals surface area contributed by atoms with E-state index in [1.54, 1.807) is 13.1 Å². The molecule has 0 atom stereocenters. The zero-order chi connectivity index (χ0) is 11.9. The average Bonchev–Trinajstić information content (AvgIpc) is 2.26. The molecule has 2 N–H and O–H groups in total. The first-order chi connectivity index (χ1) is 7.54. The monoisotopic (exact) mass is 219 g/mol. The second kappa shape index (κ2) is 3.56. The SMILES string of the molecule is CCn1cc(C)c(=O)c2cc(O)c(O)cc21. The van der Waals surface area contributed by atoms with E-state index in [1.165, 1.54) is 12.1 Å². The number of hydrogen-bond donors (Lipinski definition) is 2. The smallest absolute Gasteiger partial charge is 0.192 e. The molecule has 0 spiro atoms. The number of hydrogen-bond acceptors (Lipinski definition) is 3. The molecule has 0 aliphatic rings. The van der Waals surface area contributed by atoms with Gasteiger partial charge in [0, 0.05) is 29.8 Å². The van der Waals surface area contributed by atoms with E-state index in [1.807, 2.05) is 11.5 Å². The molecule has 1 heterocycles. The van der Waals surface area contributed by atoms with Gasteiger partial charge in [0.1, 0.15) is 0 Å². The maximum atomic E-state index is 11.9. The highest BCUT2D eigenvalue weighted by Crippen LogP contribution is 2.28. The van der Waals surface area contributed by atoms with Crippen LogP contribution < -0.4 is 5.43 Å². The van der Waals surface area contributed by atoms with Crippen LogP contribution in [0, 0.1) is 6.92 Å². The molecule has 0 unspecified atom stereocenters. The van der Waals surface area contributed by atoms with Crippen LogP contribution in [0.5, 0.6) is 11.5 Å². The molecule has 0 radical (unpaired) electrons. The summed E-state index contributed by atoms with van der Waals surface area (Å²) in [7, 11) is 0. The zero-order valence-electron chi connectivity index (χ0n) is 9.19. The Labute approximate surface area is 92.4 Å². The molecule has 2 aromatic rings. The minimum atomic E-state index is -0.266. The summed E-state index contributed by atoms with van der Waals surface area (Å²) in [5.74, 6) is -0.476. The standard InChI is InChI=1S/C12H13NO3/c1-3-13-6-7(2)12(16)8-4-10(14)11(15)5-9(8)13/h4-6,14-15H,3H2,1-2H3.